The van der Waals surface area contributed by atoms with Gasteiger partial charge in [0.2, 0.25) is 10.0 Å². The Balaban J connectivity index is 1.57. The number of carbonyl (C=O) groups excluding carboxylic acids is 1. The molecular formula is C22H31N4O4S+. The van der Waals surface area contributed by atoms with Gasteiger partial charge in [-0.3, -0.25) is 9.63 Å². The molecule has 0 fully saturated rings. The zero-order valence-corrected chi connectivity index (χ0v) is 19.3. The molecule has 2 aliphatic rings. The van der Waals surface area contributed by atoms with Gasteiger partial charge in [0.15, 0.2) is 0 Å². The quantitative estimate of drug-likeness (QED) is 0.421. The number of aromatic amines is 1. The number of sulfonamides is 1. The molecule has 3 N–H and O–H groups in total. The number of fused-ring (bicyclic) bond motifs is 2. The zero-order valence-electron chi connectivity index (χ0n) is 18.4. The molecule has 0 spiro atoms. The predicted octanol–water partition coefficient (Wildman–Crippen LogP) is 0.338. The molecule has 1 unspecified atom stereocenters. The molecule has 31 heavy (non-hydrogen) atoms. The van der Waals surface area contributed by atoms with Crippen LogP contribution >= 0.6 is 0 Å². The van der Waals surface area contributed by atoms with Crippen molar-refractivity contribution < 1.29 is 22.9 Å². The van der Waals surface area contributed by atoms with Gasteiger partial charge in [-0.25, -0.2) is 18.2 Å². The van der Waals surface area contributed by atoms with Crippen LogP contribution in [0.2, 0.25) is 0 Å². The van der Waals surface area contributed by atoms with Crippen molar-refractivity contribution in [2.24, 2.45) is 5.92 Å². The van der Waals surface area contributed by atoms with E-state index in [1.54, 1.807) is 0 Å². The molecule has 0 saturated carbocycles. The molecule has 0 saturated heterocycles. The van der Waals surface area contributed by atoms with Crippen LogP contribution in [0.3, 0.4) is 0 Å². The van der Waals surface area contributed by atoms with Gasteiger partial charge in [0.25, 0.3) is 5.91 Å². The minimum absolute atomic E-state index is 0.0910. The minimum Gasteiger partial charge on any atom is -0.361 e. The molecule has 9 heteroatoms. The van der Waals surface area contributed by atoms with Crippen LogP contribution < -0.4 is 9.62 Å². The lowest BCUT2D eigenvalue weighted by molar-refractivity contribution is -0.900. The maximum Gasteiger partial charge on any atom is 0.259 e. The average Bonchev–Trinajstić information content (AvgIpc) is 3.11. The first kappa shape index (κ1) is 22.0. The van der Waals surface area contributed by atoms with Gasteiger partial charge in [0, 0.05) is 35.6 Å². The van der Waals surface area contributed by atoms with Crippen LogP contribution in [0, 0.1) is 5.92 Å². The van der Waals surface area contributed by atoms with Crippen LogP contribution in [0.4, 0.5) is 0 Å². The molecule has 0 bridgehead atoms. The molecule has 1 aliphatic heterocycles. The number of nitrogens with zero attached hydrogens (tertiary/aromatic N) is 1. The Kier molecular flexibility index (Phi) is 5.95. The SMILES string of the molecule is CC(C)N(OCCNS(C)(=O)=O)C(=O)[C@@H]1C=C2c3cccc4[nH]cc(c34)C[C@H]2[NH+](C)C1. The van der Waals surface area contributed by atoms with Crippen LogP contribution in [-0.4, -0.2) is 69.5 Å². The molecule has 2 aromatic rings. The maximum atomic E-state index is 13.4. The Hall–Kier alpha value is -2.20. The second kappa shape index (κ2) is 8.38. The molecule has 1 amide bonds. The molecule has 4 rings (SSSR count). The fourth-order valence-corrected chi connectivity index (χ4v) is 5.20. The molecule has 1 aliphatic carbocycles. The lowest BCUT2D eigenvalue weighted by Gasteiger charge is -2.38. The summed E-state index contributed by atoms with van der Waals surface area (Å²) in [6.07, 6.45) is 6.28. The van der Waals surface area contributed by atoms with Gasteiger partial charge in [0.1, 0.15) is 12.0 Å². The molecule has 0 radical (unpaired) electrons. The Morgan fingerprint density at radius 1 is 1.39 bits per heavy atom. The lowest BCUT2D eigenvalue weighted by Crippen LogP contribution is -3.15. The molecule has 3 atom stereocenters. The van der Waals surface area contributed by atoms with E-state index < -0.39 is 10.0 Å². The number of rotatable bonds is 7. The maximum absolute atomic E-state index is 13.4. The zero-order chi connectivity index (χ0) is 22.3. The van der Waals surface area contributed by atoms with Gasteiger partial charge in [-0.05, 0) is 31.0 Å². The first-order valence-electron chi connectivity index (χ1n) is 10.7. The highest BCUT2D eigenvalue weighted by atomic mass is 32.2. The molecular weight excluding hydrogens is 416 g/mol. The number of nitrogens with one attached hydrogen (secondary N) is 3. The number of hydroxylamine groups is 2. The van der Waals surface area contributed by atoms with E-state index in [4.69, 9.17) is 4.84 Å². The highest BCUT2D eigenvalue weighted by Crippen LogP contribution is 2.37. The molecule has 168 valence electrons. The number of likely N-dealkylation sites (N-methyl/N-ethyl adjacent to an activating group) is 1. The number of carbonyl (C=O) groups is 1. The Morgan fingerprint density at radius 3 is 2.87 bits per heavy atom. The highest BCUT2D eigenvalue weighted by molar-refractivity contribution is 7.88. The van der Waals surface area contributed by atoms with Gasteiger partial charge in [-0.15, -0.1) is 0 Å². The van der Waals surface area contributed by atoms with E-state index in [9.17, 15) is 13.2 Å². The third kappa shape index (κ3) is 4.41. The minimum atomic E-state index is -3.29. The van der Waals surface area contributed by atoms with Crippen molar-refractivity contribution in [2.45, 2.75) is 32.4 Å². The normalized spacial score (nSPS) is 23.0. The average molecular weight is 448 g/mol. The topological polar surface area (TPSA) is 95.9 Å². The summed E-state index contributed by atoms with van der Waals surface area (Å²) in [4.78, 5) is 23.8. The summed E-state index contributed by atoms with van der Waals surface area (Å²) < 4.78 is 24.9. The van der Waals surface area contributed by atoms with Gasteiger partial charge in [-0.2, -0.15) is 0 Å². The standard InChI is InChI=1S/C22H30N4O4S/c1-14(2)26(30-9-8-24-31(4,28)29)22(27)16-10-18-17-6-5-7-19-21(17)15(12-23-19)11-20(18)25(3)13-16/h5-7,10,12,14,16,20,23-24H,8-9,11,13H2,1-4H3/p+1/t16-,20-/m1/s1. The Morgan fingerprint density at radius 2 is 2.16 bits per heavy atom. The highest BCUT2D eigenvalue weighted by Gasteiger charge is 2.40. The van der Waals surface area contributed by atoms with Crippen molar-refractivity contribution in [1.29, 1.82) is 0 Å². The second-order valence-corrected chi connectivity index (χ2v) is 10.7. The second-order valence-electron chi connectivity index (χ2n) is 8.84. The third-order valence-corrected chi connectivity index (χ3v) is 6.84. The van der Waals surface area contributed by atoms with Crippen molar-refractivity contribution >= 4 is 32.4 Å². The summed E-state index contributed by atoms with van der Waals surface area (Å²) in [5, 5.41) is 2.65. The van der Waals surface area contributed by atoms with Gasteiger partial charge < -0.3 is 9.88 Å². The van der Waals surface area contributed by atoms with Crippen molar-refractivity contribution in [2.75, 3.05) is 33.0 Å². The van der Waals surface area contributed by atoms with Crippen molar-refractivity contribution in [3.63, 3.8) is 0 Å². The van der Waals surface area contributed by atoms with Crippen LogP contribution in [0.5, 0.6) is 0 Å². The summed E-state index contributed by atoms with van der Waals surface area (Å²) >= 11 is 0. The Labute approximate surface area is 183 Å². The number of amides is 1. The van der Waals surface area contributed by atoms with Crippen molar-refractivity contribution in [1.82, 2.24) is 14.8 Å². The molecule has 8 nitrogen and oxygen atoms in total. The van der Waals surface area contributed by atoms with E-state index >= 15 is 0 Å². The van der Waals surface area contributed by atoms with E-state index in [0.29, 0.717) is 12.6 Å². The van der Waals surface area contributed by atoms with Crippen molar-refractivity contribution in [3.05, 3.63) is 41.6 Å². The number of H-pyrrole nitrogens is 1. The van der Waals surface area contributed by atoms with Crippen LogP contribution in [0.25, 0.3) is 16.5 Å². The van der Waals surface area contributed by atoms with E-state index in [2.05, 4.69) is 47.2 Å². The smallest absolute Gasteiger partial charge is 0.259 e. The van der Waals surface area contributed by atoms with E-state index in [-0.39, 0.29) is 31.0 Å². The number of quaternary nitrogens is 1. The fourth-order valence-electron chi connectivity index (χ4n) is 4.75. The van der Waals surface area contributed by atoms with E-state index in [0.717, 1.165) is 18.2 Å². The molecule has 1 aromatic heterocycles. The van der Waals surface area contributed by atoms with Crippen molar-refractivity contribution in [3.8, 4) is 0 Å². The molecule has 1 aromatic carbocycles. The molecule has 2 heterocycles. The monoisotopic (exact) mass is 447 g/mol. The Bertz CT molecular complexity index is 1120. The van der Waals surface area contributed by atoms with Gasteiger partial charge in [-0.1, -0.05) is 18.2 Å². The van der Waals surface area contributed by atoms with Gasteiger partial charge >= 0.3 is 0 Å². The van der Waals surface area contributed by atoms with E-state index in [1.807, 2.05) is 13.8 Å². The lowest BCUT2D eigenvalue weighted by atomic mass is 9.79. The summed E-state index contributed by atoms with van der Waals surface area (Å²) in [7, 11) is -1.15. The fraction of sp³-hybridized carbons (Fsp3) is 0.500. The number of benzene rings is 1. The largest absolute Gasteiger partial charge is 0.361 e. The van der Waals surface area contributed by atoms with Crippen LogP contribution in [0.15, 0.2) is 30.5 Å². The number of hydrogen-bond donors (Lipinski definition) is 3. The summed E-state index contributed by atoms with van der Waals surface area (Å²) in [6.45, 7) is 4.69. The summed E-state index contributed by atoms with van der Waals surface area (Å²) in [6, 6.07) is 6.45. The van der Waals surface area contributed by atoms with Crippen LogP contribution in [-0.2, 0) is 26.1 Å². The number of hydrogen-bond acceptors (Lipinski definition) is 4. The summed E-state index contributed by atoms with van der Waals surface area (Å²) in [5.41, 5.74) is 4.89. The predicted molar refractivity (Wildman–Crippen MR) is 120 cm³/mol. The summed E-state index contributed by atoms with van der Waals surface area (Å²) in [5.74, 6) is -0.390. The van der Waals surface area contributed by atoms with Crippen LogP contribution in [0.1, 0.15) is 25.0 Å². The number of aromatic nitrogens is 1. The van der Waals surface area contributed by atoms with E-state index in [1.165, 1.54) is 32.0 Å². The third-order valence-electron chi connectivity index (χ3n) is 6.12. The first-order valence-corrected chi connectivity index (χ1v) is 12.6. The van der Waals surface area contributed by atoms with Gasteiger partial charge in [0.05, 0.1) is 32.5 Å². The first-order chi connectivity index (χ1) is 14.7.